The highest BCUT2D eigenvalue weighted by Gasteiger charge is 2.27. The average molecular weight is 431 g/mol. The third-order valence-electron chi connectivity index (χ3n) is 4.01. The monoisotopic (exact) mass is 431 g/mol. The molecule has 0 saturated heterocycles. The van der Waals surface area contributed by atoms with Gasteiger partial charge in [-0.05, 0) is 36.4 Å². The van der Waals surface area contributed by atoms with Crippen molar-refractivity contribution in [2.75, 3.05) is 25.4 Å². The summed E-state index contributed by atoms with van der Waals surface area (Å²) in [4.78, 5) is 26.1. The first-order valence-corrected chi connectivity index (χ1v) is 10.3. The van der Waals surface area contributed by atoms with E-state index in [0.29, 0.717) is 11.3 Å². The molecule has 0 amide bonds. The summed E-state index contributed by atoms with van der Waals surface area (Å²) in [5, 5.41) is 6.77. The Morgan fingerprint density at radius 2 is 1.67 bits per heavy atom. The number of benzene rings is 1. The summed E-state index contributed by atoms with van der Waals surface area (Å²) < 4.78 is 37.8. The van der Waals surface area contributed by atoms with Gasteiger partial charge >= 0.3 is 17.2 Å². The smallest absolute Gasteiger partial charge is 0.355 e. The summed E-state index contributed by atoms with van der Waals surface area (Å²) in [5.74, 6) is -1.41. The van der Waals surface area contributed by atoms with E-state index >= 15 is 0 Å². The van der Waals surface area contributed by atoms with Gasteiger partial charge in [0, 0.05) is 23.7 Å². The number of carbonyl (C=O) groups is 2. The summed E-state index contributed by atoms with van der Waals surface area (Å²) in [6.45, 7) is 0. The molecule has 30 heavy (non-hydrogen) atoms. The molecule has 156 valence electrons. The van der Waals surface area contributed by atoms with Gasteiger partial charge in [-0.3, -0.25) is 0 Å². The summed E-state index contributed by atoms with van der Waals surface area (Å²) in [7, 11) is -1.20. The third kappa shape index (κ3) is 4.15. The van der Waals surface area contributed by atoms with Gasteiger partial charge in [-0.2, -0.15) is 0 Å². The highest BCUT2D eigenvalue weighted by Crippen LogP contribution is 2.29. The highest BCUT2D eigenvalue weighted by atomic mass is 32.2. The molecule has 10 nitrogen and oxygen atoms in total. The van der Waals surface area contributed by atoms with E-state index in [0.717, 1.165) is 6.26 Å². The van der Waals surface area contributed by atoms with Gasteiger partial charge in [-0.15, -0.1) is 5.10 Å². The number of sulfone groups is 1. The number of esters is 2. The maximum atomic E-state index is 12.4. The third-order valence-corrected chi connectivity index (χ3v) is 4.80. The minimum atomic E-state index is -3.62. The van der Waals surface area contributed by atoms with Crippen molar-refractivity contribution < 1.29 is 31.9 Å². The van der Waals surface area contributed by atoms with Crippen molar-refractivity contribution in [2.24, 2.45) is 0 Å². The predicted molar refractivity (Wildman–Crippen MR) is 105 cm³/mol. The number of allylic oxidation sites excluding steroid dienone is 2. The van der Waals surface area contributed by atoms with Crippen LogP contribution >= 0.6 is 0 Å². The molecule has 0 atom stereocenters. The van der Waals surface area contributed by atoms with Crippen molar-refractivity contribution in [1.29, 1.82) is 0 Å². The van der Waals surface area contributed by atoms with Crippen LogP contribution in [0.25, 0.3) is 11.5 Å². The minimum absolute atomic E-state index is 0.0214. The number of carbonyl (C=O) groups excluding carboxylic acids is 2. The quantitative estimate of drug-likeness (QED) is 0.644. The van der Waals surface area contributed by atoms with Crippen LogP contribution in [0, 0.1) is 0 Å². The Hall–Kier alpha value is -3.73. The van der Waals surface area contributed by atoms with Crippen molar-refractivity contribution in [2.45, 2.75) is 5.22 Å². The van der Waals surface area contributed by atoms with Gasteiger partial charge in [-0.25, -0.2) is 18.0 Å². The lowest BCUT2D eigenvalue weighted by atomic mass is 10.1. The molecule has 0 unspecified atom stereocenters. The standard InChI is InChI=1S/C19H17N3O7S/c1-27-17(23)14-6-4-5-11-22(15(14)18(24)28-2)13-9-7-12(8-10-13)16-20-21-19(29-16)30(3,25)26/h4-11H,1-3H3. The molecule has 0 aliphatic carbocycles. The molecule has 1 aliphatic heterocycles. The molecule has 0 spiro atoms. The number of anilines is 1. The maximum Gasteiger partial charge on any atom is 0.355 e. The van der Waals surface area contributed by atoms with Gasteiger partial charge in [0.05, 0.1) is 19.8 Å². The Morgan fingerprint density at radius 3 is 2.23 bits per heavy atom. The van der Waals surface area contributed by atoms with E-state index in [1.165, 1.54) is 25.2 Å². The Kier molecular flexibility index (Phi) is 5.83. The molecule has 0 N–H and O–H groups in total. The molecule has 0 saturated carbocycles. The van der Waals surface area contributed by atoms with Crippen LogP contribution in [0.15, 0.2) is 69.6 Å². The van der Waals surface area contributed by atoms with Crippen LogP contribution in [0.1, 0.15) is 0 Å². The van der Waals surface area contributed by atoms with Crippen LogP contribution in [0.2, 0.25) is 0 Å². The first-order valence-electron chi connectivity index (χ1n) is 8.45. The fourth-order valence-corrected chi connectivity index (χ4v) is 3.03. The Labute approximate surface area is 172 Å². The normalized spacial score (nSPS) is 13.9. The second-order valence-electron chi connectivity index (χ2n) is 6.01. The molecule has 11 heteroatoms. The molecule has 2 heterocycles. The topological polar surface area (TPSA) is 129 Å². The second-order valence-corrected chi connectivity index (χ2v) is 7.90. The molecule has 1 aromatic heterocycles. The number of nitrogens with zero attached hydrogens (tertiary/aromatic N) is 3. The van der Waals surface area contributed by atoms with Crippen LogP contribution in [0.4, 0.5) is 5.69 Å². The van der Waals surface area contributed by atoms with Crippen LogP contribution in [0.5, 0.6) is 0 Å². The molecule has 2 aromatic rings. The van der Waals surface area contributed by atoms with Crippen LogP contribution in [-0.2, 0) is 28.9 Å². The van der Waals surface area contributed by atoms with E-state index in [2.05, 4.69) is 10.2 Å². The highest BCUT2D eigenvalue weighted by molar-refractivity contribution is 7.90. The molecule has 3 rings (SSSR count). The number of hydrogen-bond donors (Lipinski definition) is 0. The summed E-state index contributed by atoms with van der Waals surface area (Å²) in [6, 6.07) is 6.47. The van der Waals surface area contributed by atoms with Gasteiger partial charge in [0.15, 0.2) is 0 Å². The first kappa shape index (κ1) is 21.0. The molecule has 0 radical (unpaired) electrons. The summed E-state index contributed by atoms with van der Waals surface area (Å²) in [5.41, 5.74) is 0.977. The predicted octanol–water partition coefficient (Wildman–Crippen LogP) is 1.63. The lowest BCUT2D eigenvalue weighted by Crippen LogP contribution is -2.26. The largest absolute Gasteiger partial charge is 0.465 e. The van der Waals surface area contributed by atoms with Crippen molar-refractivity contribution in [3.8, 4) is 11.5 Å². The Morgan fingerprint density at radius 1 is 1.00 bits per heavy atom. The van der Waals surface area contributed by atoms with E-state index in [-0.39, 0.29) is 17.2 Å². The maximum absolute atomic E-state index is 12.4. The SMILES string of the molecule is COC(=O)C1=C(C(=O)OC)N(c2ccc(-c3nnc(S(C)(=O)=O)o3)cc2)C=CC=C1. The zero-order valence-electron chi connectivity index (χ0n) is 16.2. The van der Waals surface area contributed by atoms with E-state index in [1.807, 2.05) is 0 Å². The molecule has 1 aromatic carbocycles. The molecular formula is C19H17N3O7S. The van der Waals surface area contributed by atoms with E-state index in [1.54, 1.807) is 42.6 Å². The van der Waals surface area contributed by atoms with Crippen LogP contribution < -0.4 is 4.90 Å². The van der Waals surface area contributed by atoms with Crippen molar-refractivity contribution in [1.82, 2.24) is 10.2 Å². The van der Waals surface area contributed by atoms with Crippen LogP contribution in [-0.4, -0.2) is 51.0 Å². The van der Waals surface area contributed by atoms with E-state index in [9.17, 15) is 18.0 Å². The molecular weight excluding hydrogens is 414 g/mol. The lowest BCUT2D eigenvalue weighted by Gasteiger charge is -2.23. The fraction of sp³-hybridized carbons (Fsp3) is 0.158. The summed E-state index contributed by atoms with van der Waals surface area (Å²) in [6.07, 6.45) is 7.24. The first-order chi connectivity index (χ1) is 14.3. The number of methoxy groups -OCH3 is 2. The van der Waals surface area contributed by atoms with Crippen molar-refractivity contribution in [3.63, 3.8) is 0 Å². The van der Waals surface area contributed by atoms with E-state index < -0.39 is 27.0 Å². The zero-order valence-corrected chi connectivity index (χ0v) is 17.0. The van der Waals surface area contributed by atoms with Gasteiger partial charge < -0.3 is 18.8 Å². The second kappa shape index (κ2) is 8.33. The van der Waals surface area contributed by atoms with Crippen molar-refractivity contribution in [3.05, 3.63) is 60.0 Å². The Bertz CT molecular complexity index is 1170. The van der Waals surface area contributed by atoms with Gasteiger partial charge in [0.1, 0.15) is 5.70 Å². The van der Waals surface area contributed by atoms with E-state index in [4.69, 9.17) is 13.9 Å². The lowest BCUT2D eigenvalue weighted by molar-refractivity contribution is -0.139. The number of rotatable bonds is 5. The molecule has 0 bridgehead atoms. The summed E-state index contributed by atoms with van der Waals surface area (Å²) >= 11 is 0. The van der Waals surface area contributed by atoms with Gasteiger partial charge in [0.2, 0.25) is 15.7 Å². The average Bonchev–Trinajstić information content (AvgIpc) is 3.14. The molecule has 1 aliphatic rings. The zero-order chi connectivity index (χ0) is 21.9. The molecule has 0 fully saturated rings. The van der Waals surface area contributed by atoms with Crippen LogP contribution in [0.3, 0.4) is 0 Å². The van der Waals surface area contributed by atoms with Crippen molar-refractivity contribution >= 4 is 27.5 Å². The van der Waals surface area contributed by atoms with Gasteiger partial charge in [0.25, 0.3) is 0 Å². The van der Waals surface area contributed by atoms with Gasteiger partial charge in [-0.1, -0.05) is 11.2 Å². The Balaban J connectivity index is 2.02. The minimum Gasteiger partial charge on any atom is -0.465 e. The number of ether oxygens (including phenoxy) is 2. The number of hydrogen-bond acceptors (Lipinski definition) is 10. The number of aromatic nitrogens is 2. The fourth-order valence-electron chi connectivity index (χ4n) is 2.61.